The molecule has 0 bridgehead atoms. The summed E-state index contributed by atoms with van der Waals surface area (Å²) in [7, 11) is 0. The number of rotatable bonds is 3. The summed E-state index contributed by atoms with van der Waals surface area (Å²) in [6, 6.07) is 6.53. The topological polar surface area (TPSA) is 35.8 Å². The SMILES string of the molecule is N#Cc1cc(F)c(CNc2c(Cl)cc(Cl)cc2Cl)c(F)c1. The number of hydrogen-bond donors (Lipinski definition) is 1. The maximum atomic E-state index is 13.7. The Morgan fingerprint density at radius 2 is 1.52 bits per heavy atom. The molecule has 2 aromatic rings. The molecule has 0 radical (unpaired) electrons. The van der Waals surface area contributed by atoms with Crippen molar-refractivity contribution in [3.8, 4) is 6.07 Å². The fraction of sp³-hybridized carbons (Fsp3) is 0.0714. The lowest BCUT2D eigenvalue weighted by Crippen LogP contribution is -2.06. The van der Waals surface area contributed by atoms with E-state index in [0.717, 1.165) is 12.1 Å². The number of nitriles is 1. The molecular weight excluding hydrogens is 341 g/mol. The molecule has 0 amide bonds. The van der Waals surface area contributed by atoms with Gasteiger partial charge in [-0.3, -0.25) is 0 Å². The smallest absolute Gasteiger partial charge is 0.132 e. The van der Waals surface area contributed by atoms with Crippen molar-refractivity contribution in [2.45, 2.75) is 6.54 Å². The second-order valence-electron chi connectivity index (χ2n) is 4.13. The van der Waals surface area contributed by atoms with Crippen LogP contribution in [0.2, 0.25) is 15.1 Å². The Kier molecular flexibility index (Phi) is 4.89. The molecule has 0 aliphatic heterocycles. The number of benzene rings is 2. The van der Waals surface area contributed by atoms with Crippen LogP contribution in [-0.2, 0) is 6.54 Å². The lowest BCUT2D eigenvalue weighted by atomic mass is 10.1. The Morgan fingerprint density at radius 1 is 1.00 bits per heavy atom. The van der Waals surface area contributed by atoms with Gasteiger partial charge in [-0.2, -0.15) is 5.26 Å². The lowest BCUT2D eigenvalue weighted by Gasteiger charge is -2.12. The monoisotopic (exact) mass is 346 g/mol. The second-order valence-corrected chi connectivity index (χ2v) is 5.38. The zero-order chi connectivity index (χ0) is 15.6. The van der Waals surface area contributed by atoms with Crippen LogP contribution in [0, 0.1) is 23.0 Å². The third kappa shape index (κ3) is 3.56. The summed E-state index contributed by atoms with van der Waals surface area (Å²) < 4.78 is 27.5. The van der Waals surface area contributed by atoms with E-state index in [1.165, 1.54) is 12.1 Å². The summed E-state index contributed by atoms with van der Waals surface area (Å²) in [4.78, 5) is 0. The molecule has 2 nitrogen and oxygen atoms in total. The maximum absolute atomic E-state index is 13.7. The van der Waals surface area contributed by atoms with Crippen molar-refractivity contribution in [1.29, 1.82) is 5.26 Å². The number of hydrogen-bond acceptors (Lipinski definition) is 2. The van der Waals surface area contributed by atoms with E-state index in [1.807, 2.05) is 0 Å². The van der Waals surface area contributed by atoms with E-state index < -0.39 is 11.6 Å². The fourth-order valence-corrected chi connectivity index (χ4v) is 2.67. The highest BCUT2D eigenvalue weighted by Gasteiger charge is 2.13. The molecule has 21 heavy (non-hydrogen) atoms. The third-order valence-corrected chi connectivity index (χ3v) is 3.53. The molecule has 0 fully saturated rings. The van der Waals surface area contributed by atoms with Crippen molar-refractivity contribution in [2.24, 2.45) is 0 Å². The minimum Gasteiger partial charge on any atom is -0.378 e. The van der Waals surface area contributed by atoms with E-state index >= 15 is 0 Å². The van der Waals surface area contributed by atoms with Crippen molar-refractivity contribution in [3.05, 3.63) is 62.1 Å². The summed E-state index contributed by atoms with van der Waals surface area (Å²) >= 11 is 17.7. The quantitative estimate of drug-likeness (QED) is 0.806. The van der Waals surface area contributed by atoms with E-state index in [2.05, 4.69) is 5.32 Å². The van der Waals surface area contributed by atoms with Crippen molar-refractivity contribution in [3.63, 3.8) is 0 Å². The lowest BCUT2D eigenvalue weighted by molar-refractivity contribution is 0.559. The Hall–Kier alpha value is -1.54. The first-order valence-corrected chi connectivity index (χ1v) is 6.82. The summed E-state index contributed by atoms with van der Waals surface area (Å²) in [5.74, 6) is -1.64. The highest BCUT2D eigenvalue weighted by atomic mass is 35.5. The molecule has 0 aliphatic rings. The number of nitrogens with zero attached hydrogens (tertiary/aromatic N) is 1. The molecule has 1 N–H and O–H groups in total. The third-order valence-electron chi connectivity index (χ3n) is 2.72. The van der Waals surface area contributed by atoms with Crippen LogP contribution in [0.4, 0.5) is 14.5 Å². The van der Waals surface area contributed by atoms with Gasteiger partial charge in [0.05, 0.1) is 27.4 Å². The van der Waals surface area contributed by atoms with Crippen LogP contribution in [0.5, 0.6) is 0 Å². The molecular formula is C14H7Cl3F2N2. The number of nitrogens with one attached hydrogen (secondary N) is 1. The van der Waals surface area contributed by atoms with Crippen LogP contribution < -0.4 is 5.32 Å². The maximum Gasteiger partial charge on any atom is 0.132 e. The van der Waals surface area contributed by atoms with Gasteiger partial charge >= 0.3 is 0 Å². The van der Waals surface area contributed by atoms with E-state index in [-0.39, 0.29) is 27.7 Å². The second kappa shape index (κ2) is 6.48. The molecule has 0 saturated heterocycles. The zero-order valence-corrected chi connectivity index (χ0v) is 12.6. The molecule has 0 atom stereocenters. The van der Waals surface area contributed by atoms with Gasteiger partial charge in [-0.05, 0) is 24.3 Å². The van der Waals surface area contributed by atoms with Crippen LogP contribution >= 0.6 is 34.8 Å². The predicted octanol–water partition coefficient (Wildman–Crippen LogP) is 5.41. The fourth-order valence-electron chi connectivity index (χ4n) is 1.72. The molecule has 0 saturated carbocycles. The van der Waals surface area contributed by atoms with Crippen LogP contribution in [0.25, 0.3) is 0 Å². The zero-order valence-electron chi connectivity index (χ0n) is 10.4. The highest BCUT2D eigenvalue weighted by Crippen LogP contribution is 2.34. The largest absolute Gasteiger partial charge is 0.378 e. The van der Waals surface area contributed by atoms with Crippen molar-refractivity contribution < 1.29 is 8.78 Å². The first-order chi connectivity index (χ1) is 9.92. The van der Waals surface area contributed by atoms with E-state index in [4.69, 9.17) is 40.1 Å². The van der Waals surface area contributed by atoms with Gasteiger partial charge in [-0.25, -0.2) is 8.78 Å². The Morgan fingerprint density at radius 3 is 2.00 bits per heavy atom. The van der Waals surface area contributed by atoms with Crippen LogP contribution in [0.1, 0.15) is 11.1 Å². The van der Waals surface area contributed by atoms with E-state index in [0.29, 0.717) is 10.7 Å². The van der Waals surface area contributed by atoms with Crippen molar-refractivity contribution in [1.82, 2.24) is 0 Å². The molecule has 7 heteroatoms. The number of anilines is 1. The minimum atomic E-state index is -0.819. The van der Waals surface area contributed by atoms with E-state index in [9.17, 15) is 8.78 Å². The number of halogens is 5. The van der Waals surface area contributed by atoms with Gasteiger partial charge in [0.1, 0.15) is 11.6 Å². The van der Waals surface area contributed by atoms with Crippen LogP contribution in [-0.4, -0.2) is 0 Å². The standard InChI is InChI=1S/C14H7Cl3F2N2/c15-8-3-10(16)14(11(17)4-8)21-6-9-12(18)1-7(5-20)2-13(9)19/h1-4,21H,6H2. The average molecular weight is 348 g/mol. The molecule has 2 aromatic carbocycles. The van der Waals surface area contributed by atoms with Gasteiger partial charge in [0, 0.05) is 17.1 Å². The van der Waals surface area contributed by atoms with Crippen molar-refractivity contribution in [2.75, 3.05) is 5.32 Å². The first kappa shape index (κ1) is 15.8. The van der Waals surface area contributed by atoms with Gasteiger partial charge in [-0.15, -0.1) is 0 Å². The molecule has 0 aromatic heterocycles. The summed E-state index contributed by atoms with van der Waals surface area (Å²) in [6.07, 6.45) is 0. The highest BCUT2D eigenvalue weighted by molar-refractivity contribution is 6.41. The Labute approximate surface area is 134 Å². The summed E-state index contributed by atoms with van der Waals surface area (Å²) in [5, 5.41) is 12.2. The Bertz CT molecular complexity index is 695. The van der Waals surface area contributed by atoms with Crippen molar-refractivity contribution >= 4 is 40.5 Å². The van der Waals surface area contributed by atoms with Gasteiger partial charge < -0.3 is 5.32 Å². The normalized spacial score (nSPS) is 10.3. The van der Waals surface area contributed by atoms with Gasteiger partial charge in [0.15, 0.2) is 0 Å². The molecule has 0 unspecified atom stereocenters. The molecule has 0 aliphatic carbocycles. The van der Waals surface area contributed by atoms with Gasteiger partial charge in [-0.1, -0.05) is 34.8 Å². The first-order valence-electron chi connectivity index (χ1n) is 5.69. The molecule has 2 rings (SSSR count). The molecule has 0 spiro atoms. The Balaban J connectivity index is 2.28. The van der Waals surface area contributed by atoms with E-state index in [1.54, 1.807) is 6.07 Å². The predicted molar refractivity (Wildman–Crippen MR) is 79.9 cm³/mol. The van der Waals surface area contributed by atoms with Gasteiger partial charge in [0.25, 0.3) is 0 Å². The summed E-state index contributed by atoms with van der Waals surface area (Å²) in [5.41, 5.74) is 0.0262. The molecule has 0 heterocycles. The molecule has 108 valence electrons. The van der Waals surface area contributed by atoms with Gasteiger partial charge in [0.2, 0.25) is 0 Å². The van der Waals surface area contributed by atoms with Crippen LogP contribution in [0.3, 0.4) is 0 Å². The van der Waals surface area contributed by atoms with Crippen LogP contribution in [0.15, 0.2) is 24.3 Å². The average Bonchev–Trinajstić information content (AvgIpc) is 2.39. The minimum absolute atomic E-state index is 0.0868. The summed E-state index contributed by atoms with van der Waals surface area (Å²) in [6.45, 7) is -0.176.